The highest BCUT2D eigenvalue weighted by Crippen LogP contribution is 2.29. The first-order chi connectivity index (χ1) is 17.8. The summed E-state index contributed by atoms with van der Waals surface area (Å²) in [7, 11) is 0. The Bertz CT molecular complexity index is 1120. The zero-order valence-corrected chi connectivity index (χ0v) is 23.5. The Morgan fingerprint density at radius 3 is 2.29 bits per heavy atom. The van der Waals surface area contributed by atoms with Gasteiger partial charge in [-0.25, -0.2) is 0 Å². The number of ether oxygens (including phenoxy) is 1. The molecule has 38 heavy (non-hydrogen) atoms. The summed E-state index contributed by atoms with van der Waals surface area (Å²) in [5.74, 6) is -0.280. The second kappa shape index (κ2) is 12.3. The van der Waals surface area contributed by atoms with Crippen molar-refractivity contribution < 1.29 is 19.4 Å². The summed E-state index contributed by atoms with van der Waals surface area (Å²) >= 11 is 6.47. The Kier molecular flexibility index (Phi) is 9.26. The summed E-state index contributed by atoms with van der Waals surface area (Å²) in [5, 5.41) is 14.9. The van der Waals surface area contributed by atoms with Crippen LogP contribution in [0.1, 0.15) is 35.7 Å². The molecule has 0 spiro atoms. The van der Waals surface area contributed by atoms with Gasteiger partial charge < -0.3 is 25.0 Å². The molecule has 3 saturated heterocycles. The lowest BCUT2D eigenvalue weighted by molar-refractivity contribution is -0.152. The maximum Gasteiger partial charge on any atom is 0.258 e. The minimum atomic E-state index is -1.51. The molecule has 0 bridgehead atoms. The number of amides is 2. The lowest BCUT2D eigenvalue weighted by atomic mass is 9.92. The maximum atomic E-state index is 13.0. The van der Waals surface area contributed by atoms with Gasteiger partial charge in [0.15, 0.2) is 5.60 Å². The Labute approximate surface area is 236 Å². The highest BCUT2D eigenvalue weighted by molar-refractivity contribution is 7.59. The van der Waals surface area contributed by atoms with E-state index in [1.54, 1.807) is 34.9 Å². The number of likely N-dealkylation sites (tertiary alicyclic amines) is 2. The van der Waals surface area contributed by atoms with Crippen molar-refractivity contribution in [2.45, 2.75) is 37.5 Å². The van der Waals surface area contributed by atoms with Crippen LogP contribution in [0.2, 0.25) is 5.02 Å². The van der Waals surface area contributed by atoms with Gasteiger partial charge in [-0.3, -0.25) is 14.5 Å². The largest absolute Gasteiger partial charge is 0.380 e. The number of piperidine rings is 1. The third-order valence-electron chi connectivity index (χ3n) is 7.80. The molecule has 0 radical (unpaired) electrons. The molecule has 0 unspecified atom stereocenters. The van der Waals surface area contributed by atoms with Crippen molar-refractivity contribution in [3.8, 4) is 0 Å². The Hall–Kier alpha value is -2.30. The monoisotopic (exact) mass is 560 g/mol. The number of morpholine rings is 1. The van der Waals surface area contributed by atoms with Gasteiger partial charge in [-0.15, -0.1) is 0 Å². The van der Waals surface area contributed by atoms with Gasteiger partial charge in [-0.1, -0.05) is 41.9 Å². The zero-order valence-electron chi connectivity index (χ0n) is 21.7. The minimum Gasteiger partial charge on any atom is -0.380 e. The predicted octanol–water partition coefficient (Wildman–Crippen LogP) is 2.92. The molecule has 206 valence electrons. The summed E-state index contributed by atoms with van der Waals surface area (Å²) in [6.45, 7) is 7.03. The fraction of sp³-hybridized carbons (Fsp3) is 0.500. The van der Waals surface area contributed by atoms with E-state index >= 15 is 0 Å². The van der Waals surface area contributed by atoms with E-state index in [2.05, 4.69) is 10.2 Å². The van der Waals surface area contributed by atoms with Crippen LogP contribution in [0.4, 0.5) is 5.69 Å². The minimum absolute atomic E-state index is 0. The molecule has 3 aliphatic rings. The molecule has 3 fully saturated rings. The molecule has 2 aromatic carbocycles. The van der Waals surface area contributed by atoms with E-state index in [0.717, 1.165) is 31.6 Å². The third-order valence-corrected chi connectivity index (χ3v) is 8.11. The lowest BCUT2D eigenvalue weighted by Crippen LogP contribution is -2.61. The van der Waals surface area contributed by atoms with Crippen molar-refractivity contribution in [1.29, 1.82) is 0 Å². The van der Waals surface area contributed by atoms with Crippen LogP contribution in [0.5, 0.6) is 0 Å². The molecule has 1 atom stereocenters. The van der Waals surface area contributed by atoms with E-state index in [-0.39, 0.29) is 25.3 Å². The molecule has 2 aromatic rings. The van der Waals surface area contributed by atoms with Crippen LogP contribution < -0.4 is 5.32 Å². The summed E-state index contributed by atoms with van der Waals surface area (Å²) in [6, 6.07) is 15.4. The van der Waals surface area contributed by atoms with Crippen molar-refractivity contribution in [2.75, 3.05) is 57.8 Å². The number of anilines is 1. The van der Waals surface area contributed by atoms with Crippen LogP contribution in [0.3, 0.4) is 0 Å². The molecular weight excluding hydrogens is 524 g/mol. The van der Waals surface area contributed by atoms with E-state index in [1.165, 1.54) is 0 Å². The van der Waals surface area contributed by atoms with Gasteiger partial charge in [0, 0.05) is 51.0 Å². The van der Waals surface area contributed by atoms with Gasteiger partial charge in [0.2, 0.25) is 0 Å². The van der Waals surface area contributed by atoms with E-state index in [0.29, 0.717) is 67.6 Å². The van der Waals surface area contributed by atoms with Gasteiger partial charge in [-0.05, 0) is 43.5 Å². The number of rotatable bonds is 6. The first kappa shape index (κ1) is 28.7. The van der Waals surface area contributed by atoms with E-state index in [1.807, 2.05) is 30.3 Å². The summed E-state index contributed by atoms with van der Waals surface area (Å²) in [4.78, 5) is 31.8. The highest BCUT2D eigenvalue weighted by atomic mass is 35.5. The van der Waals surface area contributed by atoms with E-state index < -0.39 is 5.60 Å². The number of aliphatic hydroxyl groups is 1. The Morgan fingerprint density at radius 1 is 1.00 bits per heavy atom. The van der Waals surface area contributed by atoms with Gasteiger partial charge in [0.1, 0.15) is 0 Å². The molecule has 0 aliphatic carbocycles. The number of halogens is 1. The smallest absolute Gasteiger partial charge is 0.258 e. The average Bonchev–Trinajstić information content (AvgIpc) is 2.91. The third kappa shape index (κ3) is 6.13. The summed E-state index contributed by atoms with van der Waals surface area (Å²) in [5.41, 5.74) is 0.551. The number of hydrogen-bond donors (Lipinski definition) is 2. The molecule has 8 nitrogen and oxygen atoms in total. The molecular formula is C28H37ClN4O4S. The molecule has 10 heteroatoms. The van der Waals surface area contributed by atoms with Gasteiger partial charge >= 0.3 is 0 Å². The van der Waals surface area contributed by atoms with Crippen molar-refractivity contribution in [2.24, 2.45) is 0 Å². The second-order valence-corrected chi connectivity index (χ2v) is 10.8. The molecule has 3 heterocycles. The maximum absolute atomic E-state index is 13.0. The number of carbonyl (C=O) groups excluding carboxylic acids is 2. The fourth-order valence-corrected chi connectivity index (χ4v) is 5.74. The van der Waals surface area contributed by atoms with Crippen molar-refractivity contribution in [1.82, 2.24) is 14.7 Å². The SMILES string of the molecule is C[C@](O)(C(=O)N1CCC(N2CC(Nc3ccc(C(=O)N4CCOCC4)c(Cl)c3)C2)CC1)c1ccccc1.S. The van der Waals surface area contributed by atoms with Gasteiger partial charge in [0.25, 0.3) is 11.8 Å². The Balaban J connectivity index is 0.00000336. The van der Waals surface area contributed by atoms with Gasteiger partial charge in [0.05, 0.1) is 29.8 Å². The molecule has 2 N–H and O–H groups in total. The topological polar surface area (TPSA) is 85.3 Å². The Morgan fingerprint density at radius 2 is 1.66 bits per heavy atom. The fourth-order valence-electron chi connectivity index (χ4n) is 5.48. The zero-order chi connectivity index (χ0) is 26.0. The molecule has 2 amide bonds. The van der Waals surface area contributed by atoms with Crippen LogP contribution in [0.15, 0.2) is 48.5 Å². The second-order valence-electron chi connectivity index (χ2n) is 10.4. The summed E-state index contributed by atoms with van der Waals surface area (Å²) in [6.07, 6.45) is 1.79. The number of benzene rings is 2. The van der Waals surface area contributed by atoms with E-state index in [4.69, 9.17) is 16.3 Å². The number of nitrogens with zero attached hydrogens (tertiary/aromatic N) is 3. The summed E-state index contributed by atoms with van der Waals surface area (Å²) < 4.78 is 5.33. The number of nitrogens with one attached hydrogen (secondary N) is 1. The van der Waals surface area contributed by atoms with Crippen molar-refractivity contribution in [3.63, 3.8) is 0 Å². The van der Waals surface area contributed by atoms with Crippen molar-refractivity contribution in [3.05, 3.63) is 64.7 Å². The first-order valence-electron chi connectivity index (χ1n) is 13.1. The number of hydrogen-bond acceptors (Lipinski definition) is 6. The quantitative estimate of drug-likeness (QED) is 0.565. The standard InChI is InChI=1S/C28H35ClN4O4.H2S/c1-28(36,20-5-3-2-4-6-20)27(35)32-11-9-23(10-12-32)33-18-22(19-33)30-21-7-8-24(25(29)17-21)26(34)31-13-15-37-16-14-31;/h2-8,17,22-23,30,36H,9-16,18-19H2,1H3;1H2/t28-;/m1./s1. The van der Waals surface area contributed by atoms with Crippen molar-refractivity contribution >= 4 is 42.6 Å². The highest BCUT2D eigenvalue weighted by Gasteiger charge is 2.40. The normalized spacial score (nSPS) is 20.7. The van der Waals surface area contributed by atoms with Crippen LogP contribution in [-0.4, -0.2) is 96.2 Å². The molecule has 0 saturated carbocycles. The lowest BCUT2D eigenvalue weighted by Gasteiger charge is -2.48. The van der Waals surface area contributed by atoms with E-state index in [9.17, 15) is 14.7 Å². The predicted molar refractivity (Wildman–Crippen MR) is 153 cm³/mol. The van der Waals surface area contributed by atoms with Gasteiger partial charge in [-0.2, -0.15) is 13.5 Å². The number of carbonyl (C=O) groups is 2. The molecule has 5 rings (SSSR count). The average molecular weight is 561 g/mol. The van der Waals surface area contributed by atoms with Crippen LogP contribution >= 0.6 is 25.1 Å². The molecule has 3 aliphatic heterocycles. The van der Waals surface area contributed by atoms with Crippen LogP contribution in [-0.2, 0) is 15.1 Å². The van der Waals surface area contributed by atoms with Crippen LogP contribution in [0.25, 0.3) is 0 Å². The van der Waals surface area contributed by atoms with Crippen LogP contribution in [0, 0.1) is 0 Å². The first-order valence-corrected chi connectivity index (χ1v) is 13.4. The molecule has 0 aromatic heterocycles.